The SMILES string of the molecule is COc1ccc(Br)cc1CN[C@H]1CCCc2ccccc21. The number of methoxy groups -OCH3 is 1. The number of aryl methyl sites for hydroxylation is 1. The fourth-order valence-corrected chi connectivity index (χ4v) is 3.49. The molecule has 2 aromatic carbocycles. The van der Waals surface area contributed by atoms with Crippen LogP contribution in [0.4, 0.5) is 0 Å². The summed E-state index contributed by atoms with van der Waals surface area (Å²) in [4.78, 5) is 0. The normalized spacial score (nSPS) is 17.3. The summed E-state index contributed by atoms with van der Waals surface area (Å²) in [6.45, 7) is 0.821. The van der Waals surface area contributed by atoms with E-state index < -0.39 is 0 Å². The quantitative estimate of drug-likeness (QED) is 0.872. The second-order valence-electron chi connectivity index (χ2n) is 5.48. The summed E-state index contributed by atoms with van der Waals surface area (Å²) >= 11 is 3.53. The molecule has 0 amide bonds. The molecular weight excluding hydrogens is 326 g/mol. The Balaban J connectivity index is 1.76. The van der Waals surface area contributed by atoms with Crippen molar-refractivity contribution in [3.05, 3.63) is 63.6 Å². The second-order valence-corrected chi connectivity index (χ2v) is 6.40. The van der Waals surface area contributed by atoms with Gasteiger partial charge in [0.1, 0.15) is 5.75 Å². The van der Waals surface area contributed by atoms with Gasteiger partial charge in [-0.1, -0.05) is 40.2 Å². The average molecular weight is 346 g/mol. The first-order chi connectivity index (χ1) is 10.3. The van der Waals surface area contributed by atoms with Crippen LogP contribution in [0.2, 0.25) is 0 Å². The predicted octanol–water partition coefficient (Wildman–Crippen LogP) is 4.62. The van der Waals surface area contributed by atoms with Gasteiger partial charge in [0.15, 0.2) is 0 Å². The minimum atomic E-state index is 0.443. The van der Waals surface area contributed by atoms with Gasteiger partial charge >= 0.3 is 0 Å². The molecule has 1 atom stereocenters. The zero-order valence-corrected chi connectivity index (χ0v) is 13.8. The van der Waals surface area contributed by atoms with Gasteiger partial charge in [-0.05, 0) is 48.6 Å². The molecule has 0 unspecified atom stereocenters. The van der Waals surface area contributed by atoms with E-state index in [4.69, 9.17) is 4.74 Å². The summed E-state index contributed by atoms with van der Waals surface area (Å²) in [7, 11) is 1.72. The molecule has 3 heteroatoms. The molecule has 2 nitrogen and oxygen atoms in total. The summed E-state index contributed by atoms with van der Waals surface area (Å²) in [5.74, 6) is 0.940. The number of hydrogen-bond acceptors (Lipinski definition) is 2. The number of rotatable bonds is 4. The molecule has 0 heterocycles. The van der Waals surface area contributed by atoms with E-state index in [1.807, 2.05) is 12.1 Å². The number of ether oxygens (including phenoxy) is 1. The van der Waals surface area contributed by atoms with Crippen LogP contribution < -0.4 is 10.1 Å². The van der Waals surface area contributed by atoms with Crippen molar-refractivity contribution in [2.45, 2.75) is 31.8 Å². The van der Waals surface area contributed by atoms with Crippen LogP contribution in [0.15, 0.2) is 46.9 Å². The number of hydrogen-bond donors (Lipinski definition) is 1. The largest absolute Gasteiger partial charge is 0.496 e. The first kappa shape index (κ1) is 14.6. The van der Waals surface area contributed by atoms with Crippen LogP contribution in [-0.2, 0) is 13.0 Å². The number of benzene rings is 2. The maximum atomic E-state index is 5.45. The van der Waals surface area contributed by atoms with Gasteiger partial charge in [0, 0.05) is 22.6 Å². The third-order valence-electron chi connectivity index (χ3n) is 4.15. The van der Waals surface area contributed by atoms with Crippen molar-refractivity contribution in [1.29, 1.82) is 0 Å². The highest BCUT2D eigenvalue weighted by atomic mass is 79.9. The minimum Gasteiger partial charge on any atom is -0.496 e. The Bertz CT molecular complexity index is 626. The molecule has 3 rings (SSSR count). The molecule has 0 radical (unpaired) electrons. The Morgan fingerprint density at radius 1 is 1.24 bits per heavy atom. The molecule has 1 aliphatic rings. The average Bonchev–Trinajstić information content (AvgIpc) is 2.53. The molecule has 21 heavy (non-hydrogen) atoms. The van der Waals surface area contributed by atoms with Gasteiger partial charge < -0.3 is 10.1 Å². The molecule has 0 aromatic heterocycles. The van der Waals surface area contributed by atoms with Gasteiger partial charge in [-0.3, -0.25) is 0 Å². The Hall–Kier alpha value is -1.32. The zero-order valence-electron chi connectivity index (χ0n) is 12.2. The van der Waals surface area contributed by atoms with Crippen LogP contribution in [0.3, 0.4) is 0 Å². The molecule has 0 aliphatic heterocycles. The highest BCUT2D eigenvalue weighted by Crippen LogP contribution is 2.30. The lowest BCUT2D eigenvalue weighted by Crippen LogP contribution is -2.25. The van der Waals surface area contributed by atoms with Crippen molar-refractivity contribution in [2.24, 2.45) is 0 Å². The Kier molecular flexibility index (Phi) is 4.61. The van der Waals surface area contributed by atoms with Crippen LogP contribution in [0, 0.1) is 0 Å². The highest BCUT2D eigenvalue weighted by molar-refractivity contribution is 9.10. The monoisotopic (exact) mass is 345 g/mol. The van der Waals surface area contributed by atoms with Crippen molar-refractivity contribution in [3.63, 3.8) is 0 Å². The van der Waals surface area contributed by atoms with Gasteiger partial charge in [0.05, 0.1) is 7.11 Å². The van der Waals surface area contributed by atoms with E-state index >= 15 is 0 Å². The van der Waals surface area contributed by atoms with E-state index in [0.29, 0.717) is 6.04 Å². The number of fused-ring (bicyclic) bond motifs is 1. The first-order valence-electron chi connectivity index (χ1n) is 7.41. The Morgan fingerprint density at radius 2 is 2.10 bits per heavy atom. The number of nitrogens with one attached hydrogen (secondary N) is 1. The fourth-order valence-electron chi connectivity index (χ4n) is 3.08. The van der Waals surface area contributed by atoms with Crippen molar-refractivity contribution >= 4 is 15.9 Å². The van der Waals surface area contributed by atoms with Gasteiger partial charge in [-0.2, -0.15) is 0 Å². The summed E-state index contributed by atoms with van der Waals surface area (Å²) in [5.41, 5.74) is 4.13. The molecule has 0 spiro atoms. The molecule has 110 valence electrons. The van der Waals surface area contributed by atoms with Gasteiger partial charge in [-0.15, -0.1) is 0 Å². The lowest BCUT2D eigenvalue weighted by Gasteiger charge is -2.26. The third-order valence-corrected chi connectivity index (χ3v) is 4.64. The summed E-state index contributed by atoms with van der Waals surface area (Å²) < 4.78 is 6.54. The van der Waals surface area contributed by atoms with E-state index in [0.717, 1.165) is 16.8 Å². The molecule has 1 N–H and O–H groups in total. The maximum Gasteiger partial charge on any atom is 0.123 e. The lowest BCUT2D eigenvalue weighted by atomic mass is 9.87. The summed E-state index contributed by atoms with van der Waals surface area (Å²) in [5, 5.41) is 3.70. The molecule has 0 fully saturated rings. The molecular formula is C18H20BrNO. The van der Waals surface area contributed by atoms with E-state index in [1.54, 1.807) is 7.11 Å². The van der Waals surface area contributed by atoms with Crippen LogP contribution in [0.5, 0.6) is 5.75 Å². The molecule has 0 saturated carbocycles. The van der Waals surface area contributed by atoms with Gasteiger partial charge in [-0.25, -0.2) is 0 Å². The van der Waals surface area contributed by atoms with Gasteiger partial charge in [0.25, 0.3) is 0 Å². The topological polar surface area (TPSA) is 21.3 Å². The Morgan fingerprint density at radius 3 is 2.95 bits per heavy atom. The van der Waals surface area contributed by atoms with Crippen molar-refractivity contribution < 1.29 is 4.74 Å². The maximum absolute atomic E-state index is 5.45. The first-order valence-corrected chi connectivity index (χ1v) is 8.21. The predicted molar refractivity (Wildman–Crippen MR) is 89.7 cm³/mol. The number of halogens is 1. The second kappa shape index (κ2) is 6.63. The van der Waals surface area contributed by atoms with E-state index in [9.17, 15) is 0 Å². The summed E-state index contributed by atoms with van der Waals surface area (Å²) in [6, 6.07) is 15.4. The van der Waals surface area contributed by atoms with E-state index in [2.05, 4.69) is 51.6 Å². The molecule has 0 saturated heterocycles. The van der Waals surface area contributed by atoms with E-state index in [-0.39, 0.29) is 0 Å². The van der Waals surface area contributed by atoms with Crippen LogP contribution >= 0.6 is 15.9 Å². The molecule has 0 bridgehead atoms. The fraction of sp³-hybridized carbons (Fsp3) is 0.333. The van der Waals surface area contributed by atoms with Crippen molar-refractivity contribution in [1.82, 2.24) is 5.32 Å². The van der Waals surface area contributed by atoms with E-state index in [1.165, 1.54) is 36.0 Å². The van der Waals surface area contributed by atoms with Crippen LogP contribution in [-0.4, -0.2) is 7.11 Å². The third kappa shape index (κ3) is 3.30. The Labute approximate surface area is 134 Å². The molecule has 2 aromatic rings. The van der Waals surface area contributed by atoms with Crippen molar-refractivity contribution in [2.75, 3.05) is 7.11 Å². The standard InChI is InChI=1S/C18H20BrNO/c1-21-18-10-9-15(19)11-14(18)12-20-17-8-4-6-13-5-2-3-7-16(13)17/h2-3,5,7,9-11,17,20H,4,6,8,12H2,1H3/t17-/m0/s1. The lowest BCUT2D eigenvalue weighted by molar-refractivity contribution is 0.401. The van der Waals surface area contributed by atoms with Crippen LogP contribution in [0.1, 0.15) is 35.6 Å². The van der Waals surface area contributed by atoms with Crippen LogP contribution in [0.25, 0.3) is 0 Å². The molecule has 1 aliphatic carbocycles. The van der Waals surface area contributed by atoms with Crippen molar-refractivity contribution in [3.8, 4) is 5.75 Å². The minimum absolute atomic E-state index is 0.443. The van der Waals surface area contributed by atoms with Gasteiger partial charge in [0.2, 0.25) is 0 Å². The zero-order chi connectivity index (χ0) is 14.7. The summed E-state index contributed by atoms with van der Waals surface area (Å²) in [6.07, 6.45) is 3.66. The highest BCUT2D eigenvalue weighted by Gasteiger charge is 2.19. The smallest absolute Gasteiger partial charge is 0.123 e.